The lowest BCUT2D eigenvalue weighted by atomic mass is 10.0. The fourth-order valence-corrected chi connectivity index (χ4v) is 2.63. The van der Waals surface area contributed by atoms with Crippen molar-refractivity contribution in [1.29, 1.82) is 0 Å². The number of hydrogen-bond acceptors (Lipinski definition) is 2. The van der Waals surface area contributed by atoms with Crippen molar-refractivity contribution >= 4 is 5.82 Å². The van der Waals surface area contributed by atoms with Gasteiger partial charge in [-0.3, -0.25) is 0 Å². The summed E-state index contributed by atoms with van der Waals surface area (Å²) in [5.41, 5.74) is 7.19. The summed E-state index contributed by atoms with van der Waals surface area (Å²) in [6, 6.07) is 6.65. The first kappa shape index (κ1) is 11.3. The van der Waals surface area contributed by atoms with Crippen molar-refractivity contribution in [2.24, 2.45) is 0 Å². The molecule has 3 rings (SSSR count). The fraction of sp³-hybridized carbons (Fsp3) is 0.357. The molecule has 0 saturated carbocycles. The highest BCUT2D eigenvalue weighted by Crippen LogP contribution is 2.35. The fourth-order valence-electron chi connectivity index (χ4n) is 2.63. The summed E-state index contributed by atoms with van der Waals surface area (Å²) in [5.74, 6) is 1.69. The third kappa shape index (κ3) is 1.60. The van der Waals surface area contributed by atoms with E-state index in [9.17, 15) is 4.39 Å². The van der Waals surface area contributed by atoms with Gasteiger partial charge in [0.15, 0.2) is 0 Å². The Morgan fingerprint density at radius 3 is 2.89 bits per heavy atom. The van der Waals surface area contributed by atoms with Crippen LogP contribution in [0.1, 0.15) is 31.5 Å². The third-order valence-corrected chi connectivity index (χ3v) is 3.62. The SMILES string of the molecule is CC1CCCn2c1nc(-c1ccccc1F)c2N. The van der Waals surface area contributed by atoms with E-state index in [4.69, 9.17) is 5.73 Å². The highest BCUT2D eigenvalue weighted by Gasteiger charge is 2.24. The number of aromatic nitrogens is 2. The van der Waals surface area contributed by atoms with Gasteiger partial charge in [-0.05, 0) is 25.0 Å². The largest absolute Gasteiger partial charge is 0.383 e. The molecular weight excluding hydrogens is 229 g/mol. The van der Waals surface area contributed by atoms with Crippen molar-refractivity contribution < 1.29 is 4.39 Å². The second-order valence-electron chi connectivity index (χ2n) is 4.88. The minimum atomic E-state index is -0.271. The topological polar surface area (TPSA) is 43.8 Å². The second kappa shape index (κ2) is 4.12. The molecule has 1 unspecified atom stereocenters. The van der Waals surface area contributed by atoms with Gasteiger partial charge in [0.1, 0.15) is 23.2 Å². The van der Waals surface area contributed by atoms with Crippen LogP contribution in [0.4, 0.5) is 10.2 Å². The maximum atomic E-state index is 13.8. The molecule has 94 valence electrons. The summed E-state index contributed by atoms with van der Waals surface area (Å²) in [5, 5.41) is 0. The molecule has 4 heteroatoms. The summed E-state index contributed by atoms with van der Waals surface area (Å²) >= 11 is 0. The van der Waals surface area contributed by atoms with E-state index in [-0.39, 0.29) is 5.82 Å². The Balaban J connectivity index is 2.17. The lowest BCUT2D eigenvalue weighted by Gasteiger charge is -2.20. The minimum absolute atomic E-state index is 0.271. The normalized spacial score (nSPS) is 18.7. The van der Waals surface area contributed by atoms with Crippen molar-refractivity contribution in [3.8, 4) is 11.3 Å². The zero-order chi connectivity index (χ0) is 12.7. The number of imidazole rings is 1. The molecule has 3 nitrogen and oxygen atoms in total. The lowest BCUT2D eigenvalue weighted by Crippen LogP contribution is -2.15. The van der Waals surface area contributed by atoms with Crippen molar-refractivity contribution in [3.05, 3.63) is 35.9 Å². The molecule has 1 aliphatic heterocycles. The van der Waals surface area contributed by atoms with Crippen LogP contribution < -0.4 is 5.73 Å². The van der Waals surface area contributed by atoms with E-state index in [1.165, 1.54) is 6.07 Å². The number of rotatable bonds is 1. The van der Waals surface area contributed by atoms with Crippen LogP contribution in [0.15, 0.2) is 24.3 Å². The van der Waals surface area contributed by atoms with Crippen molar-refractivity contribution in [3.63, 3.8) is 0 Å². The number of nitrogens with two attached hydrogens (primary N) is 1. The molecule has 2 heterocycles. The number of halogens is 1. The van der Waals surface area contributed by atoms with Crippen molar-refractivity contribution in [2.75, 3.05) is 5.73 Å². The van der Waals surface area contributed by atoms with Gasteiger partial charge in [0, 0.05) is 18.0 Å². The molecule has 0 fully saturated rings. The van der Waals surface area contributed by atoms with Crippen LogP contribution in [-0.4, -0.2) is 9.55 Å². The molecular formula is C14H16FN3. The van der Waals surface area contributed by atoms with Gasteiger partial charge in [-0.1, -0.05) is 19.1 Å². The van der Waals surface area contributed by atoms with E-state index in [0.29, 0.717) is 23.0 Å². The Morgan fingerprint density at radius 1 is 1.39 bits per heavy atom. The Hall–Kier alpha value is -1.84. The van der Waals surface area contributed by atoms with Crippen LogP contribution in [0.3, 0.4) is 0 Å². The average molecular weight is 245 g/mol. The number of anilines is 1. The lowest BCUT2D eigenvalue weighted by molar-refractivity contribution is 0.467. The molecule has 18 heavy (non-hydrogen) atoms. The molecule has 0 bridgehead atoms. The molecule has 1 aromatic heterocycles. The van der Waals surface area contributed by atoms with Gasteiger partial charge >= 0.3 is 0 Å². The number of fused-ring (bicyclic) bond motifs is 1. The van der Waals surface area contributed by atoms with E-state index in [1.54, 1.807) is 18.2 Å². The van der Waals surface area contributed by atoms with Gasteiger partial charge < -0.3 is 10.3 Å². The zero-order valence-corrected chi connectivity index (χ0v) is 10.4. The molecule has 0 saturated heterocycles. The second-order valence-corrected chi connectivity index (χ2v) is 4.88. The average Bonchev–Trinajstić information content (AvgIpc) is 2.70. The summed E-state index contributed by atoms with van der Waals surface area (Å²) in [7, 11) is 0. The summed E-state index contributed by atoms with van der Waals surface area (Å²) < 4.78 is 15.8. The number of nitrogens with zero attached hydrogens (tertiary/aromatic N) is 2. The number of nitrogen functional groups attached to an aromatic ring is 1. The van der Waals surface area contributed by atoms with Gasteiger partial charge in [-0.25, -0.2) is 9.37 Å². The van der Waals surface area contributed by atoms with Crippen molar-refractivity contribution in [1.82, 2.24) is 9.55 Å². The van der Waals surface area contributed by atoms with Crippen LogP contribution in [0.25, 0.3) is 11.3 Å². The maximum absolute atomic E-state index is 13.8. The maximum Gasteiger partial charge on any atom is 0.132 e. The molecule has 0 aliphatic carbocycles. The highest BCUT2D eigenvalue weighted by atomic mass is 19.1. The van der Waals surface area contributed by atoms with E-state index in [0.717, 1.165) is 25.2 Å². The predicted molar refractivity (Wildman–Crippen MR) is 69.7 cm³/mol. The molecule has 0 amide bonds. The molecule has 0 radical (unpaired) electrons. The molecule has 1 aliphatic rings. The van der Waals surface area contributed by atoms with E-state index in [1.807, 2.05) is 4.57 Å². The van der Waals surface area contributed by atoms with E-state index < -0.39 is 0 Å². The highest BCUT2D eigenvalue weighted by molar-refractivity contribution is 5.71. The molecule has 1 atom stereocenters. The van der Waals surface area contributed by atoms with Crippen LogP contribution in [0, 0.1) is 5.82 Å². The summed E-state index contributed by atoms with van der Waals surface area (Å²) in [6.07, 6.45) is 2.22. The zero-order valence-electron chi connectivity index (χ0n) is 10.4. The van der Waals surface area contributed by atoms with Gasteiger partial charge in [0.25, 0.3) is 0 Å². The Bertz CT molecular complexity index is 589. The van der Waals surface area contributed by atoms with Gasteiger partial charge in [-0.15, -0.1) is 0 Å². The summed E-state index contributed by atoms with van der Waals surface area (Å²) in [6.45, 7) is 3.02. The van der Waals surface area contributed by atoms with Crippen LogP contribution in [0.2, 0.25) is 0 Å². The third-order valence-electron chi connectivity index (χ3n) is 3.62. The Morgan fingerprint density at radius 2 is 2.17 bits per heavy atom. The Labute approximate surface area is 105 Å². The molecule has 0 spiro atoms. The van der Waals surface area contributed by atoms with Gasteiger partial charge in [-0.2, -0.15) is 0 Å². The number of hydrogen-bond donors (Lipinski definition) is 1. The van der Waals surface area contributed by atoms with E-state index >= 15 is 0 Å². The first-order valence-corrected chi connectivity index (χ1v) is 6.29. The molecule has 2 aromatic rings. The Kier molecular flexibility index (Phi) is 2.58. The van der Waals surface area contributed by atoms with Gasteiger partial charge in [0.05, 0.1) is 0 Å². The van der Waals surface area contributed by atoms with Gasteiger partial charge in [0.2, 0.25) is 0 Å². The molecule has 1 aromatic carbocycles. The standard InChI is InChI=1S/C14H16FN3/c1-9-5-4-8-18-13(16)12(17-14(9)18)10-6-2-3-7-11(10)15/h2-3,6-7,9H,4-5,8,16H2,1H3. The first-order valence-electron chi connectivity index (χ1n) is 6.29. The van der Waals surface area contributed by atoms with Crippen LogP contribution >= 0.6 is 0 Å². The van der Waals surface area contributed by atoms with Crippen LogP contribution in [-0.2, 0) is 6.54 Å². The summed E-state index contributed by atoms with van der Waals surface area (Å²) in [4.78, 5) is 4.56. The van der Waals surface area contributed by atoms with E-state index in [2.05, 4.69) is 11.9 Å². The smallest absolute Gasteiger partial charge is 0.132 e. The quantitative estimate of drug-likeness (QED) is 0.838. The van der Waals surface area contributed by atoms with Crippen LogP contribution in [0.5, 0.6) is 0 Å². The number of benzene rings is 1. The van der Waals surface area contributed by atoms with Crippen molar-refractivity contribution in [2.45, 2.75) is 32.2 Å². The first-order chi connectivity index (χ1) is 8.68. The monoisotopic (exact) mass is 245 g/mol. The minimum Gasteiger partial charge on any atom is -0.383 e. The predicted octanol–water partition coefficient (Wildman–Crippen LogP) is 3.17. The molecule has 2 N–H and O–H groups in total.